The molecular formula is C25H28N2O2. The van der Waals surface area contributed by atoms with E-state index in [-0.39, 0.29) is 18.1 Å². The van der Waals surface area contributed by atoms with Crippen LogP contribution in [0.2, 0.25) is 0 Å². The van der Waals surface area contributed by atoms with E-state index in [4.69, 9.17) is 4.74 Å². The Morgan fingerprint density at radius 3 is 2.55 bits per heavy atom. The van der Waals surface area contributed by atoms with Gasteiger partial charge in [-0.1, -0.05) is 67.8 Å². The molecule has 2 atom stereocenters. The number of hydrogen-bond acceptors (Lipinski definition) is 3. The summed E-state index contributed by atoms with van der Waals surface area (Å²) in [5, 5.41) is 4.91. The van der Waals surface area contributed by atoms with Crippen molar-refractivity contribution in [1.82, 2.24) is 10.3 Å². The number of aromatic amines is 1. The zero-order valence-electron chi connectivity index (χ0n) is 16.7. The summed E-state index contributed by atoms with van der Waals surface area (Å²) >= 11 is 0. The maximum atomic E-state index is 13.0. The molecule has 1 saturated carbocycles. The number of rotatable bonds is 4. The van der Waals surface area contributed by atoms with Crippen LogP contribution >= 0.6 is 0 Å². The van der Waals surface area contributed by atoms with E-state index in [0.717, 1.165) is 5.56 Å². The largest absolute Gasteiger partial charge is 0.460 e. The summed E-state index contributed by atoms with van der Waals surface area (Å²) in [6, 6.07) is 18.2. The first-order chi connectivity index (χ1) is 14.3. The molecule has 2 heterocycles. The molecule has 1 aliphatic heterocycles. The highest BCUT2D eigenvalue weighted by atomic mass is 16.5. The summed E-state index contributed by atoms with van der Waals surface area (Å²) in [5.74, 6) is 0.422. The molecule has 0 amide bonds. The van der Waals surface area contributed by atoms with E-state index in [9.17, 15) is 4.79 Å². The van der Waals surface area contributed by atoms with Gasteiger partial charge in [-0.05, 0) is 36.0 Å². The van der Waals surface area contributed by atoms with Crippen LogP contribution in [0, 0.1) is 5.92 Å². The number of carbonyl (C=O) groups excluding carboxylic acids is 1. The monoisotopic (exact) mass is 388 g/mol. The average molecular weight is 389 g/mol. The molecule has 4 nitrogen and oxygen atoms in total. The summed E-state index contributed by atoms with van der Waals surface area (Å²) in [6.07, 6.45) is 7.00. The Labute approximate surface area is 171 Å². The van der Waals surface area contributed by atoms with Crippen LogP contribution in [-0.4, -0.2) is 17.0 Å². The SMILES string of the molecule is O=C(OCc1ccccc1)[C@@H]1Cc2c([nH]c3ccccc23)[C@H](C2CCCCC2)N1. The third-order valence-electron chi connectivity index (χ3n) is 6.58. The summed E-state index contributed by atoms with van der Waals surface area (Å²) in [5.41, 5.74) is 4.76. The summed E-state index contributed by atoms with van der Waals surface area (Å²) in [7, 11) is 0. The molecule has 150 valence electrons. The Hall–Kier alpha value is -2.59. The first-order valence-corrected chi connectivity index (χ1v) is 10.9. The molecule has 1 fully saturated rings. The molecule has 1 aliphatic carbocycles. The fourth-order valence-corrected chi connectivity index (χ4v) is 5.09. The number of carbonyl (C=O) groups is 1. The first kappa shape index (κ1) is 18.4. The molecule has 0 unspecified atom stereocenters. The Bertz CT molecular complexity index is 988. The molecule has 1 aromatic heterocycles. The van der Waals surface area contributed by atoms with Gasteiger partial charge in [0.2, 0.25) is 0 Å². The van der Waals surface area contributed by atoms with E-state index in [2.05, 4.69) is 34.6 Å². The summed E-state index contributed by atoms with van der Waals surface area (Å²) < 4.78 is 5.70. The van der Waals surface area contributed by atoms with Crippen LogP contribution < -0.4 is 5.32 Å². The van der Waals surface area contributed by atoms with Crippen LogP contribution in [0.25, 0.3) is 10.9 Å². The van der Waals surface area contributed by atoms with E-state index >= 15 is 0 Å². The minimum absolute atomic E-state index is 0.148. The lowest BCUT2D eigenvalue weighted by Crippen LogP contribution is -2.47. The molecule has 2 N–H and O–H groups in total. The second-order valence-corrected chi connectivity index (χ2v) is 8.46. The zero-order valence-corrected chi connectivity index (χ0v) is 16.7. The lowest BCUT2D eigenvalue weighted by molar-refractivity contribution is -0.148. The topological polar surface area (TPSA) is 54.1 Å². The normalized spacial score (nSPS) is 22.3. The molecule has 5 rings (SSSR count). The zero-order chi connectivity index (χ0) is 19.6. The molecule has 29 heavy (non-hydrogen) atoms. The van der Waals surface area contributed by atoms with Crippen LogP contribution in [0.5, 0.6) is 0 Å². The Morgan fingerprint density at radius 2 is 1.72 bits per heavy atom. The van der Waals surface area contributed by atoms with Crippen LogP contribution in [0.1, 0.15) is 55.0 Å². The van der Waals surface area contributed by atoms with Gasteiger partial charge in [-0.25, -0.2) is 0 Å². The fourth-order valence-electron chi connectivity index (χ4n) is 5.09. The molecule has 0 saturated heterocycles. The fraction of sp³-hybridized carbons (Fsp3) is 0.400. The van der Waals surface area contributed by atoms with Gasteiger partial charge < -0.3 is 9.72 Å². The van der Waals surface area contributed by atoms with Gasteiger partial charge >= 0.3 is 5.97 Å². The number of hydrogen-bond donors (Lipinski definition) is 2. The molecule has 3 aromatic rings. The van der Waals surface area contributed by atoms with Crippen molar-refractivity contribution in [3.8, 4) is 0 Å². The third-order valence-corrected chi connectivity index (χ3v) is 6.58. The van der Waals surface area contributed by atoms with Crippen molar-refractivity contribution in [2.24, 2.45) is 5.92 Å². The Morgan fingerprint density at radius 1 is 0.966 bits per heavy atom. The van der Waals surface area contributed by atoms with Gasteiger partial charge in [-0.3, -0.25) is 10.1 Å². The number of ether oxygens (including phenoxy) is 1. The van der Waals surface area contributed by atoms with Crippen LogP contribution in [-0.2, 0) is 22.6 Å². The highest BCUT2D eigenvalue weighted by molar-refractivity contribution is 5.87. The Balaban J connectivity index is 1.41. The van der Waals surface area contributed by atoms with Gasteiger partial charge in [0.15, 0.2) is 0 Å². The maximum Gasteiger partial charge on any atom is 0.323 e. The van der Waals surface area contributed by atoms with Gasteiger partial charge in [0.1, 0.15) is 12.6 Å². The van der Waals surface area contributed by atoms with Gasteiger partial charge in [-0.2, -0.15) is 0 Å². The summed E-state index contributed by atoms with van der Waals surface area (Å²) in [6.45, 7) is 0.326. The van der Waals surface area contributed by atoms with E-state index in [1.54, 1.807) is 0 Å². The maximum absolute atomic E-state index is 13.0. The third kappa shape index (κ3) is 3.69. The molecular weight excluding hydrogens is 360 g/mol. The summed E-state index contributed by atoms with van der Waals surface area (Å²) in [4.78, 5) is 16.6. The average Bonchev–Trinajstić information content (AvgIpc) is 3.17. The van der Waals surface area contributed by atoms with E-state index < -0.39 is 0 Å². The number of benzene rings is 2. The number of esters is 1. The van der Waals surface area contributed by atoms with Crippen molar-refractivity contribution in [2.75, 3.05) is 0 Å². The van der Waals surface area contributed by atoms with E-state index in [0.29, 0.717) is 18.9 Å². The predicted molar refractivity (Wildman–Crippen MR) is 114 cm³/mol. The van der Waals surface area contributed by atoms with Gasteiger partial charge in [0.25, 0.3) is 0 Å². The number of para-hydroxylation sites is 1. The smallest absolute Gasteiger partial charge is 0.323 e. The number of H-pyrrole nitrogens is 1. The quantitative estimate of drug-likeness (QED) is 0.615. The molecule has 0 radical (unpaired) electrons. The highest BCUT2D eigenvalue weighted by Crippen LogP contribution is 2.40. The number of fused-ring (bicyclic) bond motifs is 3. The molecule has 2 aliphatic rings. The number of aromatic nitrogens is 1. The van der Waals surface area contributed by atoms with Gasteiger partial charge in [0.05, 0.1) is 6.04 Å². The van der Waals surface area contributed by atoms with Gasteiger partial charge in [-0.15, -0.1) is 0 Å². The van der Waals surface area contributed by atoms with E-state index in [1.165, 1.54) is 54.3 Å². The lowest BCUT2D eigenvalue weighted by Gasteiger charge is -2.37. The highest BCUT2D eigenvalue weighted by Gasteiger charge is 2.37. The van der Waals surface area contributed by atoms with Crippen molar-refractivity contribution < 1.29 is 9.53 Å². The molecule has 0 bridgehead atoms. The standard InChI is InChI=1S/C25H28N2O2/c28-25(29-16-17-9-3-1-4-10-17)22-15-20-19-13-7-8-14-21(19)26-24(20)23(27-22)18-11-5-2-6-12-18/h1,3-4,7-10,13-14,18,22-23,26-27H,2,5-6,11-12,15-16H2/t22-,23-/m0/s1. The molecule has 4 heteroatoms. The van der Waals surface area contributed by atoms with Crippen molar-refractivity contribution >= 4 is 16.9 Å². The first-order valence-electron chi connectivity index (χ1n) is 10.9. The number of nitrogens with one attached hydrogen (secondary N) is 2. The van der Waals surface area contributed by atoms with Crippen molar-refractivity contribution in [3.05, 3.63) is 71.4 Å². The van der Waals surface area contributed by atoms with Crippen LogP contribution in [0.4, 0.5) is 0 Å². The van der Waals surface area contributed by atoms with Crippen LogP contribution in [0.15, 0.2) is 54.6 Å². The van der Waals surface area contributed by atoms with E-state index in [1.807, 2.05) is 30.3 Å². The lowest BCUT2D eigenvalue weighted by atomic mass is 9.79. The van der Waals surface area contributed by atoms with Crippen molar-refractivity contribution in [2.45, 2.75) is 57.2 Å². The molecule has 2 aromatic carbocycles. The van der Waals surface area contributed by atoms with Crippen molar-refractivity contribution in [3.63, 3.8) is 0 Å². The predicted octanol–water partition coefficient (Wildman–Crippen LogP) is 5.05. The minimum atomic E-state index is -0.294. The molecule has 0 spiro atoms. The van der Waals surface area contributed by atoms with Crippen LogP contribution in [0.3, 0.4) is 0 Å². The minimum Gasteiger partial charge on any atom is -0.460 e. The Kier molecular flexibility index (Phi) is 5.11. The van der Waals surface area contributed by atoms with Crippen molar-refractivity contribution in [1.29, 1.82) is 0 Å². The second-order valence-electron chi connectivity index (χ2n) is 8.46. The van der Waals surface area contributed by atoms with Gasteiger partial charge in [0, 0.05) is 23.0 Å². The second kappa shape index (κ2) is 8.03.